The molecule has 1 N–H and O–H groups in total. The van der Waals surface area contributed by atoms with Crippen LogP contribution in [-0.4, -0.2) is 79.1 Å². The van der Waals surface area contributed by atoms with E-state index in [4.69, 9.17) is 4.74 Å². The Bertz CT molecular complexity index is 696. The number of nitrogens with one attached hydrogen (secondary N) is 1. The third-order valence-corrected chi connectivity index (χ3v) is 5.86. The molecule has 2 fully saturated rings. The van der Waals surface area contributed by atoms with E-state index in [1.807, 2.05) is 43.1 Å². The van der Waals surface area contributed by atoms with Crippen molar-refractivity contribution >= 4 is 17.6 Å². The first kappa shape index (κ1) is 19.5. The third kappa shape index (κ3) is 4.18. The summed E-state index contributed by atoms with van der Waals surface area (Å²) < 4.78 is 5.61. The first-order valence-electron chi connectivity index (χ1n) is 9.68. The van der Waals surface area contributed by atoms with Crippen LogP contribution in [-0.2, 0) is 4.79 Å². The number of amides is 3. The fourth-order valence-corrected chi connectivity index (χ4v) is 3.98. The summed E-state index contributed by atoms with van der Waals surface area (Å²) in [5.74, 6) is 0.867. The highest BCUT2D eigenvalue weighted by Gasteiger charge is 2.43. The third-order valence-electron chi connectivity index (χ3n) is 5.86. The van der Waals surface area contributed by atoms with Crippen LogP contribution in [0, 0.1) is 0 Å². The number of likely N-dealkylation sites (N-methyl/N-ethyl adjacent to an activating group) is 1. The van der Waals surface area contributed by atoms with Crippen LogP contribution in [0.25, 0.3) is 0 Å². The maximum absolute atomic E-state index is 12.9. The number of para-hydroxylation sites is 2. The molecule has 0 saturated carbocycles. The van der Waals surface area contributed by atoms with Crippen molar-refractivity contribution in [1.82, 2.24) is 14.7 Å². The number of nitrogens with zero attached hydrogens (tertiary/aromatic N) is 3. The van der Waals surface area contributed by atoms with E-state index in [0.717, 1.165) is 25.9 Å². The summed E-state index contributed by atoms with van der Waals surface area (Å²) in [7, 11) is 3.97. The average molecular weight is 374 g/mol. The number of piperazine rings is 1. The standard InChI is InChI=1S/C20H30N4O3/c1-4-27-17-8-6-5-7-16(17)21-19(26)24-14-13-23(3)20(15-24)10-9-18(25)22(2)12-11-20/h5-8H,4,9-15H2,1-3H3,(H,21,26)/t20-/m1/s1. The Kier molecular flexibility index (Phi) is 5.89. The predicted molar refractivity (Wildman–Crippen MR) is 105 cm³/mol. The van der Waals surface area contributed by atoms with Gasteiger partial charge in [-0.15, -0.1) is 0 Å². The molecule has 2 saturated heterocycles. The van der Waals surface area contributed by atoms with Crippen LogP contribution < -0.4 is 10.1 Å². The molecule has 1 aromatic rings. The number of benzene rings is 1. The molecule has 3 rings (SSSR count). The van der Waals surface area contributed by atoms with Crippen LogP contribution in [0.3, 0.4) is 0 Å². The molecule has 2 aliphatic rings. The fourth-order valence-electron chi connectivity index (χ4n) is 3.98. The molecule has 7 nitrogen and oxygen atoms in total. The van der Waals surface area contributed by atoms with Gasteiger partial charge in [0, 0.05) is 45.2 Å². The zero-order valence-corrected chi connectivity index (χ0v) is 16.5. The highest BCUT2D eigenvalue weighted by Crippen LogP contribution is 2.32. The van der Waals surface area contributed by atoms with Crippen LogP contribution in [0.1, 0.15) is 26.2 Å². The first-order valence-corrected chi connectivity index (χ1v) is 9.68. The molecule has 3 amide bonds. The molecule has 2 aliphatic heterocycles. The number of urea groups is 1. The number of carbonyl (C=O) groups excluding carboxylic acids is 2. The second-order valence-corrected chi connectivity index (χ2v) is 7.49. The Morgan fingerprint density at radius 2 is 1.96 bits per heavy atom. The van der Waals surface area contributed by atoms with Crippen molar-refractivity contribution in [3.8, 4) is 5.75 Å². The van der Waals surface area contributed by atoms with Gasteiger partial charge in [-0.05, 0) is 38.9 Å². The van der Waals surface area contributed by atoms with E-state index in [1.54, 1.807) is 4.90 Å². The van der Waals surface area contributed by atoms with Crippen molar-refractivity contribution < 1.29 is 14.3 Å². The Balaban J connectivity index is 1.72. The summed E-state index contributed by atoms with van der Waals surface area (Å²) in [5, 5.41) is 3.00. The summed E-state index contributed by atoms with van der Waals surface area (Å²) in [6, 6.07) is 7.38. The lowest BCUT2D eigenvalue weighted by Gasteiger charge is -2.49. The number of rotatable bonds is 3. The number of likely N-dealkylation sites (tertiary alicyclic amines) is 1. The number of ether oxygens (including phenoxy) is 1. The lowest BCUT2D eigenvalue weighted by molar-refractivity contribution is -0.129. The molecule has 27 heavy (non-hydrogen) atoms. The topological polar surface area (TPSA) is 65.1 Å². The molecule has 0 radical (unpaired) electrons. The molecular weight excluding hydrogens is 344 g/mol. The number of hydrogen-bond donors (Lipinski definition) is 1. The maximum Gasteiger partial charge on any atom is 0.322 e. The van der Waals surface area contributed by atoms with Crippen molar-refractivity contribution in [2.45, 2.75) is 31.7 Å². The number of anilines is 1. The largest absolute Gasteiger partial charge is 0.492 e. The highest BCUT2D eigenvalue weighted by molar-refractivity contribution is 5.91. The van der Waals surface area contributed by atoms with Gasteiger partial charge in [0.1, 0.15) is 5.75 Å². The fraction of sp³-hybridized carbons (Fsp3) is 0.600. The van der Waals surface area contributed by atoms with Gasteiger partial charge in [0.15, 0.2) is 0 Å². The molecular formula is C20H30N4O3. The quantitative estimate of drug-likeness (QED) is 0.881. The Labute approximate surface area is 161 Å². The summed E-state index contributed by atoms with van der Waals surface area (Å²) in [4.78, 5) is 31.0. The summed E-state index contributed by atoms with van der Waals surface area (Å²) in [5.41, 5.74) is 0.545. The van der Waals surface area contributed by atoms with Crippen molar-refractivity contribution in [3.05, 3.63) is 24.3 Å². The monoisotopic (exact) mass is 374 g/mol. The van der Waals surface area contributed by atoms with Gasteiger partial charge in [0.25, 0.3) is 0 Å². The van der Waals surface area contributed by atoms with Crippen LogP contribution in [0.2, 0.25) is 0 Å². The molecule has 2 heterocycles. The van der Waals surface area contributed by atoms with Gasteiger partial charge in [-0.2, -0.15) is 0 Å². The van der Waals surface area contributed by atoms with E-state index in [1.165, 1.54) is 0 Å². The number of hydrogen-bond acceptors (Lipinski definition) is 4. The van der Waals surface area contributed by atoms with Gasteiger partial charge in [0.2, 0.25) is 5.91 Å². The van der Waals surface area contributed by atoms with Gasteiger partial charge in [-0.3, -0.25) is 9.69 Å². The molecule has 148 valence electrons. The molecule has 1 atom stereocenters. The molecule has 1 aromatic carbocycles. The minimum absolute atomic E-state index is 0.112. The van der Waals surface area contributed by atoms with E-state index in [2.05, 4.69) is 17.3 Å². The van der Waals surface area contributed by atoms with Gasteiger partial charge in [-0.25, -0.2) is 4.79 Å². The van der Waals surface area contributed by atoms with E-state index in [9.17, 15) is 9.59 Å². The normalized spacial score (nSPS) is 24.0. The summed E-state index contributed by atoms with van der Waals surface area (Å²) in [6.45, 7) is 5.31. The Morgan fingerprint density at radius 3 is 2.74 bits per heavy atom. The second kappa shape index (κ2) is 8.17. The summed E-state index contributed by atoms with van der Waals surface area (Å²) in [6.07, 6.45) is 2.19. The lowest BCUT2D eigenvalue weighted by atomic mass is 9.86. The Morgan fingerprint density at radius 1 is 1.19 bits per heavy atom. The molecule has 0 aliphatic carbocycles. The van der Waals surface area contributed by atoms with Crippen LogP contribution in [0.4, 0.5) is 10.5 Å². The van der Waals surface area contributed by atoms with E-state index >= 15 is 0 Å². The van der Waals surface area contributed by atoms with Crippen LogP contribution in [0.15, 0.2) is 24.3 Å². The Hall–Kier alpha value is -2.28. The molecule has 0 bridgehead atoms. The predicted octanol–water partition coefficient (Wildman–Crippen LogP) is 2.25. The van der Waals surface area contributed by atoms with Gasteiger partial charge >= 0.3 is 6.03 Å². The lowest BCUT2D eigenvalue weighted by Crippen LogP contribution is -2.62. The molecule has 0 aromatic heterocycles. The zero-order valence-electron chi connectivity index (χ0n) is 16.5. The van der Waals surface area contributed by atoms with Crippen molar-refractivity contribution in [2.75, 3.05) is 52.2 Å². The van der Waals surface area contributed by atoms with Crippen LogP contribution in [0.5, 0.6) is 5.75 Å². The highest BCUT2D eigenvalue weighted by atomic mass is 16.5. The second-order valence-electron chi connectivity index (χ2n) is 7.49. The molecule has 7 heteroatoms. The van der Waals surface area contributed by atoms with E-state index in [-0.39, 0.29) is 17.5 Å². The van der Waals surface area contributed by atoms with Crippen molar-refractivity contribution in [3.63, 3.8) is 0 Å². The number of carbonyl (C=O) groups is 2. The maximum atomic E-state index is 12.9. The van der Waals surface area contributed by atoms with Crippen LogP contribution >= 0.6 is 0 Å². The molecule has 0 unspecified atom stereocenters. The minimum Gasteiger partial charge on any atom is -0.492 e. The van der Waals surface area contributed by atoms with Gasteiger partial charge in [-0.1, -0.05) is 12.1 Å². The van der Waals surface area contributed by atoms with E-state index < -0.39 is 0 Å². The summed E-state index contributed by atoms with van der Waals surface area (Å²) >= 11 is 0. The SMILES string of the molecule is CCOc1ccccc1NC(=O)N1CCN(C)[C@@]2(CCC(=O)N(C)CC2)C1. The van der Waals surface area contributed by atoms with E-state index in [0.29, 0.717) is 37.6 Å². The smallest absolute Gasteiger partial charge is 0.322 e. The minimum atomic E-state index is -0.143. The van der Waals surface area contributed by atoms with Gasteiger partial charge in [0.05, 0.1) is 12.3 Å². The van der Waals surface area contributed by atoms with Crippen molar-refractivity contribution in [2.24, 2.45) is 0 Å². The molecule has 1 spiro atoms. The van der Waals surface area contributed by atoms with Crippen molar-refractivity contribution in [1.29, 1.82) is 0 Å². The first-order chi connectivity index (χ1) is 12.9. The average Bonchev–Trinajstić information content (AvgIpc) is 2.80. The van der Waals surface area contributed by atoms with Gasteiger partial charge < -0.3 is 19.9 Å². The zero-order chi connectivity index (χ0) is 19.4.